The molecule has 1 saturated heterocycles. The van der Waals surface area contributed by atoms with E-state index in [4.69, 9.17) is 0 Å². The van der Waals surface area contributed by atoms with E-state index in [1.807, 2.05) is 0 Å². The first-order valence-corrected chi connectivity index (χ1v) is 5.62. The molecule has 1 fully saturated rings. The molecule has 17 heavy (non-hydrogen) atoms. The lowest BCUT2D eigenvalue weighted by atomic mass is 9.92. The highest BCUT2D eigenvalue weighted by Gasteiger charge is 2.32. The largest absolute Gasteiger partial charge is 0.392 e. The van der Waals surface area contributed by atoms with E-state index in [2.05, 4.69) is 10.4 Å². The molecule has 0 atom stereocenters. The van der Waals surface area contributed by atoms with Gasteiger partial charge in [-0.25, -0.2) is 0 Å². The van der Waals surface area contributed by atoms with Crippen molar-refractivity contribution in [3.8, 4) is 0 Å². The third-order valence-electron chi connectivity index (χ3n) is 3.08. The van der Waals surface area contributed by atoms with Gasteiger partial charge < -0.3 is 20.5 Å². The zero-order chi connectivity index (χ0) is 12.5. The van der Waals surface area contributed by atoms with Crippen LogP contribution in [0.5, 0.6) is 0 Å². The minimum Gasteiger partial charge on any atom is -0.388 e. The molecule has 0 aliphatic carbocycles. The Morgan fingerprint density at radius 3 is 2.82 bits per heavy atom. The van der Waals surface area contributed by atoms with E-state index in [1.165, 1.54) is 4.68 Å². The maximum absolute atomic E-state index is 10.7. The van der Waals surface area contributed by atoms with E-state index in [-0.39, 0.29) is 5.82 Å². The number of rotatable bonds is 3. The Labute approximate surface area is 98.6 Å². The van der Waals surface area contributed by atoms with Crippen molar-refractivity contribution in [3.63, 3.8) is 0 Å². The molecule has 94 valence electrons. The SMILES string of the molecule is Cc1cn(CC2(O)CCNCC2)nc1[N+](=O)[O-]. The molecule has 7 heteroatoms. The zero-order valence-electron chi connectivity index (χ0n) is 9.72. The van der Waals surface area contributed by atoms with E-state index in [0.29, 0.717) is 24.9 Å². The first kappa shape index (κ1) is 12.0. The van der Waals surface area contributed by atoms with Gasteiger partial charge in [0.05, 0.1) is 29.0 Å². The van der Waals surface area contributed by atoms with E-state index in [1.54, 1.807) is 13.1 Å². The molecule has 0 unspecified atom stereocenters. The van der Waals surface area contributed by atoms with Crippen LogP contribution < -0.4 is 5.32 Å². The lowest BCUT2D eigenvalue weighted by molar-refractivity contribution is -0.390. The smallest absolute Gasteiger partial charge is 0.388 e. The summed E-state index contributed by atoms with van der Waals surface area (Å²) in [4.78, 5) is 10.2. The predicted molar refractivity (Wildman–Crippen MR) is 60.7 cm³/mol. The van der Waals surface area contributed by atoms with Crippen LogP contribution in [0.25, 0.3) is 0 Å². The second-order valence-corrected chi connectivity index (χ2v) is 4.56. The topological polar surface area (TPSA) is 93.2 Å². The summed E-state index contributed by atoms with van der Waals surface area (Å²) in [5.41, 5.74) is -0.287. The van der Waals surface area contributed by atoms with Crippen LogP contribution in [0, 0.1) is 17.0 Å². The number of nitrogens with one attached hydrogen (secondary N) is 1. The van der Waals surface area contributed by atoms with Gasteiger partial charge in [0.25, 0.3) is 0 Å². The van der Waals surface area contributed by atoms with E-state index in [0.717, 1.165) is 13.1 Å². The second kappa shape index (κ2) is 4.42. The van der Waals surface area contributed by atoms with E-state index >= 15 is 0 Å². The van der Waals surface area contributed by atoms with Crippen LogP contribution in [0.3, 0.4) is 0 Å². The normalized spacial score (nSPS) is 19.2. The maximum Gasteiger partial charge on any atom is 0.392 e. The molecule has 1 aromatic heterocycles. The molecule has 0 aromatic carbocycles. The first-order chi connectivity index (χ1) is 8.00. The quantitative estimate of drug-likeness (QED) is 0.582. The summed E-state index contributed by atoms with van der Waals surface area (Å²) in [6.07, 6.45) is 2.89. The van der Waals surface area contributed by atoms with Crippen molar-refractivity contribution in [2.24, 2.45) is 0 Å². The van der Waals surface area contributed by atoms with Gasteiger partial charge in [-0.05, 0) is 37.8 Å². The van der Waals surface area contributed by atoms with Crippen LogP contribution in [-0.2, 0) is 6.54 Å². The molecule has 1 aromatic rings. The number of aryl methyl sites for hydroxylation is 1. The van der Waals surface area contributed by atoms with Gasteiger partial charge in [-0.3, -0.25) is 0 Å². The Morgan fingerprint density at radius 1 is 1.65 bits per heavy atom. The first-order valence-electron chi connectivity index (χ1n) is 5.62. The summed E-state index contributed by atoms with van der Waals surface area (Å²) < 4.78 is 1.47. The molecular weight excluding hydrogens is 224 g/mol. The van der Waals surface area contributed by atoms with Gasteiger partial charge in [0.2, 0.25) is 0 Å². The highest BCUT2D eigenvalue weighted by atomic mass is 16.6. The van der Waals surface area contributed by atoms with E-state index in [9.17, 15) is 15.2 Å². The molecule has 0 bridgehead atoms. The van der Waals surface area contributed by atoms with Crippen molar-refractivity contribution in [1.29, 1.82) is 0 Å². The molecule has 1 aliphatic rings. The van der Waals surface area contributed by atoms with Crippen molar-refractivity contribution in [1.82, 2.24) is 15.1 Å². The lowest BCUT2D eigenvalue weighted by Gasteiger charge is -2.31. The molecule has 7 nitrogen and oxygen atoms in total. The Hall–Kier alpha value is -1.47. The second-order valence-electron chi connectivity index (χ2n) is 4.56. The summed E-state index contributed by atoms with van der Waals surface area (Å²) in [5.74, 6) is -0.137. The zero-order valence-corrected chi connectivity index (χ0v) is 9.72. The maximum atomic E-state index is 10.7. The van der Waals surface area contributed by atoms with Crippen molar-refractivity contribution in [2.45, 2.75) is 31.9 Å². The molecule has 2 N–H and O–H groups in total. The molecule has 0 amide bonds. The third-order valence-corrected chi connectivity index (χ3v) is 3.08. The van der Waals surface area contributed by atoms with Crippen LogP contribution >= 0.6 is 0 Å². The van der Waals surface area contributed by atoms with Gasteiger partial charge in [-0.1, -0.05) is 0 Å². The summed E-state index contributed by atoms with van der Waals surface area (Å²) in [7, 11) is 0. The average Bonchev–Trinajstić information content (AvgIpc) is 2.59. The fourth-order valence-corrected chi connectivity index (χ4v) is 2.12. The molecule has 0 saturated carbocycles. The molecule has 1 aliphatic heterocycles. The number of nitro groups is 1. The highest BCUT2D eigenvalue weighted by molar-refractivity contribution is 5.28. The molecular formula is C10H16N4O3. The molecule has 2 heterocycles. The number of hydrogen-bond acceptors (Lipinski definition) is 5. The van der Waals surface area contributed by atoms with Gasteiger partial charge in [-0.15, -0.1) is 0 Å². The van der Waals surface area contributed by atoms with Crippen molar-refractivity contribution in [2.75, 3.05) is 13.1 Å². The number of piperidine rings is 1. The van der Waals surface area contributed by atoms with Gasteiger partial charge in [0, 0.05) is 0 Å². The number of aromatic nitrogens is 2. The Morgan fingerprint density at radius 2 is 2.29 bits per heavy atom. The monoisotopic (exact) mass is 240 g/mol. The molecule has 2 rings (SSSR count). The minimum absolute atomic E-state index is 0.137. The van der Waals surface area contributed by atoms with Crippen LogP contribution in [0.15, 0.2) is 6.20 Å². The van der Waals surface area contributed by atoms with Gasteiger partial charge in [-0.2, -0.15) is 4.68 Å². The van der Waals surface area contributed by atoms with Crippen molar-refractivity contribution in [3.05, 3.63) is 21.9 Å². The van der Waals surface area contributed by atoms with Crippen LogP contribution in [0.1, 0.15) is 18.4 Å². The predicted octanol–water partition coefficient (Wildman–Crippen LogP) is 0.214. The van der Waals surface area contributed by atoms with Crippen molar-refractivity contribution >= 4 is 5.82 Å². The van der Waals surface area contributed by atoms with Gasteiger partial charge >= 0.3 is 5.82 Å². The summed E-state index contributed by atoms with van der Waals surface area (Å²) in [5, 5.41) is 28.0. The number of aliphatic hydroxyl groups is 1. The Bertz CT molecular complexity index is 423. The highest BCUT2D eigenvalue weighted by Crippen LogP contribution is 2.22. The minimum atomic E-state index is -0.808. The van der Waals surface area contributed by atoms with Gasteiger partial charge in [0.15, 0.2) is 0 Å². The Balaban J connectivity index is 2.13. The summed E-state index contributed by atoms with van der Waals surface area (Å²) >= 11 is 0. The van der Waals surface area contributed by atoms with Gasteiger partial charge in [0.1, 0.15) is 0 Å². The summed E-state index contributed by atoms with van der Waals surface area (Å²) in [6, 6.07) is 0. The van der Waals surface area contributed by atoms with Crippen LogP contribution in [0.2, 0.25) is 0 Å². The average molecular weight is 240 g/mol. The standard InChI is InChI=1S/C10H16N4O3/c1-8-6-13(12-9(8)14(16)17)7-10(15)2-4-11-5-3-10/h6,11,15H,2-5,7H2,1H3. The fraction of sp³-hybridized carbons (Fsp3) is 0.700. The Kier molecular flexibility index (Phi) is 3.12. The van der Waals surface area contributed by atoms with Crippen molar-refractivity contribution < 1.29 is 10.0 Å². The number of nitrogens with zero attached hydrogens (tertiary/aromatic N) is 3. The third kappa shape index (κ3) is 2.62. The number of hydrogen-bond donors (Lipinski definition) is 2. The summed E-state index contributed by atoms with van der Waals surface area (Å²) in [6.45, 7) is 3.48. The van der Waals surface area contributed by atoms with E-state index < -0.39 is 10.5 Å². The fourth-order valence-electron chi connectivity index (χ4n) is 2.12. The molecule has 0 spiro atoms. The lowest BCUT2D eigenvalue weighted by Crippen LogP contribution is -2.44. The molecule has 0 radical (unpaired) electrons. The van der Waals surface area contributed by atoms with Crippen LogP contribution in [-0.4, -0.2) is 38.5 Å². The van der Waals surface area contributed by atoms with Crippen LogP contribution in [0.4, 0.5) is 5.82 Å².